The van der Waals surface area contributed by atoms with E-state index in [-0.39, 0.29) is 5.41 Å². The van der Waals surface area contributed by atoms with Gasteiger partial charge in [0.15, 0.2) is 0 Å². The zero-order valence-electron chi connectivity index (χ0n) is 10.7. The lowest BCUT2D eigenvalue weighted by atomic mass is 9.95. The molecule has 0 radical (unpaired) electrons. The van der Waals surface area contributed by atoms with Gasteiger partial charge in [-0.1, -0.05) is 28.1 Å². The Morgan fingerprint density at radius 3 is 2.71 bits per heavy atom. The molecule has 2 nitrogen and oxygen atoms in total. The first-order valence-corrected chi connectivity index (χ1v) is 6.56. The highest BCUT2D eigenvalue weighted by Gasteiger charge is 2.18. The first-order valence-electron chi connectivity index (χ1n) is 5.77. The molecule has 0 spiro atoms. The van der Waals surface area contributed by atoms with Gasteiger partial charge in [-0.3, -0.25) is 0 Å². The Balaban J connectivity index is 2.44. The molecule has 0 atom stereocenters. The van der Waals surface area contributed by atoms with Crippen molar-refractivity contribution in [1.82, 2.24) is 4.90 Å². The number of halogens is 1. The molecule has 0 N–H and O–H groups in total. The maximum Gasteiger partial charge on any atom is 0.0697 e. The van der Waals surface area contributed by atoms with Crippen molar-refractivity contribution in [2.45, 2.75) is 20.3 Å². The Kier molecular flexibility index (Phi) is 5.17. The molecule has 0 aliphatic rings. The molecule has 3 heteroatoms. The fraction of sp³-hybridized carbons (Fsp3) is 0.500. The molecule has 0 heterocycles. The number of nitrogens with zero attached hydrogens (tertiary/aromatic N) is 2. The first kappa shape index (κ1) is 14.2. The lowest BCUT2D eigenvalue weighted by molar-refractivity contribution is 0.258. The van der Waals surface area contributed by atoms with Crippen molar-refractivity contribution >= 4 is 15.9 Å². The Morgan fingerprint density at radius 1 is 1.41 bits per heavy atom. The summed E-state index contributed by atoms with van der Waals surface area (Å²) in [6.45, 7) is 5.73. The number of benzene rings is 1. The van der Waals surface area contributed by atoms with Crippen molar-refractivity contribution in [3.63, 3.8) is 0 Å². The van der Waals surface area contributed by atoms with E-state index in [1.165, 1.54) is 5.56 Å². The topological polar surface area (TPSA) is 27.0 Å². The predicted octanol–water partition coefficient (Wildman–Crippen LogP) is 3.47. The van der Waals surface area contributed by atoms with Crippen LogP contribution in [0.25, 0.3) is 0 Å². The second kappa shape index (κ2) is 6.18. The van der Waals surface area contributed by atoms with E-state index >= 15 is 0 Å². The quantitative estimate of drug-likeness (QED) is 0.831. The number of rotatable bonds is 5. The van der Waals surface area contributed by atoms with Gasteiger partial charge in [0, 0.05) is 17.6 Å². The zero-order valence-corrected chi connectivity index (χ0v) is 12.3. The average Bonchev–Trinajstić information content (AvgIpc) is 2.26. The van der Waals surface area contributed by atoms with Gasteiger partial charge in [-0.05, 0) is 45.0 Å². The highest BCUT2D eigenvalue weighted by molar-refractivity contribution is 9.10. The summed E-state index contributed by atoms with van der Waals surface area (Å²) in [6.07, 6.45) is 1.01. The fourth-order valence-electron chi connectivity index (χ4n) is 1.80. The smallest absolute Gasteiger partial charge is 0.0697 e. The predicted molar refractivity (Wildman–Crippen MR) is 74.7 cm³/mol. The van der Waals surface area contributed by atoms with Gasteiger partial charge in [0.05, 0.1) is 11.5 Å². The minimum Gasteiger partial charge on any atom is -0.304 e. The third-order valence-corrected chi connectivity index (χ3v) is 3.13. The minimum atomic E-state index is -0.272. The van der Waals surface area contributed by atoms with Gasteiger partial charge >= 0.3 is 0 Å². The lowest BCUT2D eigenvalue weighted by Gasteiger charge is -2.24. The van der Waals surface area contributed by atoms with Crippen LogP contribution < -0.4 is 0 Å². The summed E-state index contributed by atoms with van der Waals surface area (Å²) in [6, 6.07) is 10.7. The molecule has 1 rings (SSSR count). The van der Waals surface area contributed by atoms with Crippen molar-refractivity contribution in [2.75, 3.05) is 20.1 Å². The van der Waals surface area contributed by atoms with Crippen LogP contribution in [-0.2, 0) is 6.42 Å². The van der Waals surface area contributed by atoms with Gasteiger partial charge in [0.2, 0.25) is 0 Å². The summed E-state index contributed by atoms with van der Waals surface area (Å²) in [5.41, 5.74) is 1.05. The normalized spacial score (nSPS) is 11.5. The maximum atomic E-state index is 8.98. The Morgan fingerprint density at radius 2 is 2.12 bits per heavy atom. The van der Waals surface area contributed by atoms with Crippen LogP contribution in [0.5, 0.6) is 0 Å². The van der Waals surface area contributed by atoms with Gasteiger partial charge < -0.3 is 4.90 Å². The molecule has 1 aromatic rings. The standard InChI is InChI=1S/C14H19BrN2/c1-14(2,10-16)11-17(3)8-7-12-5-4-6-13(15)9-12/h4-6,9H,7-8,11H2,1-3H3. The van der Waals surface area contributed by atoms with Crippen molar-refractivity contribution in [1.29, 1.82) is 5.26 Å². The lowest BCUT2D eigenvalue weighted by Crippen LogP contribution is -2.31. The SMILES string of the molecule is CN(CCc1cccc(Br)c1)CC(C)(C)C#N. The molecule has 0 bridgehead atoms. The molecule has 17 heavy (non-hydrogen) atoms. The molecule has 0 aromatic heterocycles. The van der Waals surface area contributed by atoms with Crippen molar-refractivity contribution in [2.24, 2.45) is 5.41 Å². The van der Waals surface area contributed by atoms with Crippen LogP contribution in [0.4, 0.5) is 0 Å². The third kappa shape index (κ3) is 5.34. The van der Waals surface area contributed by atoms with Gasteiger partial charge in [-0.2, -0.15) is 5.26 Å². The van der Waals surface area contributed by atoms with Gasteiger partial charge in [0.1, 0.15) is 0 Å². The van der Waals surface area contributed by atoms with Crippen LogP contribution in [0.2, 0.25) is 0 Å². The number of nitriles is 1. The third-order valence-electron chi connectivity index (χ3n) is 2.64. The Bertz CT molecular complexity index is 407. The van der Waals surface area contributed by atoms with Crippen LogP contribution in [0, 0.1) is 16.7 Å². The van der Waals surface area contributed by atoms with E-state index in [4.69, 9.17) is 5.26 Å². The van der Waals surface area contributed by atoms with Crippen LogP contribution in [-0.4, -0.2) is 25.0 Å². The van der Waals surface area contributed by atoms with Crippen LogP contribution in [0.1, 0.15) is 19.4 Å². The highest BCUT2D eigenvalue weighted by Crippen LogP contribution is 2.15. The second-order valence-electron chi connectivity index (χ2n) is 5.11. The molecule has 0 aliphatic heterocycles. The van der Waals surface area contributed by atoms with Crippen molar-refractivity contribution in [3.05, 3.63) is 34.3 Å². The molecular weight excluding hydrogens is 276 g/mol. The van der Waals surface area contributed by atoms with Crippen LogP contribution in [0.3, 0.4) is 0 Å². The summed E-state index contributed by atoms with van der Waals surface area (Å²) in [4.78, 5) is 2.21. The summed E-state index contributed by atoms with van der Waals surface area (Å²) >= 11 is 3.47. The summed E-state index contributed by atoms with van der Waals surface area (Å²) in [5.74, 6) is 0. The number of likely N-dealkylation sites (N-methyl/N-ethyl adjacent to an activating group) is 1. The fourth-order valence-corrected chi connectivity index (χ4v) is 2.25. The monoisotopic (exact) mass is 294 g/mol. The van der Waals surface area contributed by atoms with E-state index in [1.54, 1.807) is 0 Å². The van der Waals surface area contributed by atoms with E-state index in [0.29, 0.717) is 0 Å². The largest absolute Gasteiger partial charge is 0.304 e. The zero-order chi connectivity index (χ0) is 12.9. The van der Waals surface area contributed by atoms with E-state index in [2.05, 4.69) is 52.1 Å². The van der Waals surface area contributed by atoms with Crippen molar-refractivity contribution < 1.29 is 0 Å². The molecule has 1 aromatic carbocycles. The van der Waals surface area contributed by atoms with E-state index in [1.807, 2.05) is 19.9 Å². The van der Waals surface area contributed by atoms with E-state index in [9.17, 15) is 0 Å². The molecule has 0 fully saturated rings. The van der Waals surface area contributed by atoms with Gasteiger partial charge in [-0.25, -0.2) is 0 Å². The van der Waals surface area contributed by atoms with Crippen molar-refractivity contribution in [3.8, 4) is 6.07 Å². The molecule has 0 aliphatic carbocycles. The Labute approximate surface area is 112 Å². The number of hydrogen-bond donors (Lipinski definition) is 0. The molecule has 0 saturated heterocycles. The summed E-state index contributed by atoms with van der Waals surface area (Å²) in [5, 5.41) is 8.98. The molecular formula is C14H19BrN2. The summed E-state index contributed by atoms with van der Waals surface area (Å²) in [7, 11) is 2.07. The van der Waals surface area contributed by atoms with E-state index in [0.717, 1.165) is 24.0 Å². The van der Waals surface area contributed by atoms with Gasteiger partial charge in [-0.15, -0.1) is 0 Å². The Hall–Kier alpha value is -0.850. The molecule has 0 unspecified atom stereocenters. The molecule has 92 valence electrons. The average molecular weight is 295 g/mol. The molecule has 0 amide bonds. The molecule has 0 saturated carbocycles. The summed E-state index contributed by atoms with van der Waals surface area (Å²) < 4.78 is 1.12. The highest BCUT2D eigenvalue weighted by atomic mass is 79.9. The van der Waals surface area contributed by atoms with Crippen LogP contribution in [0.15, 0.2) is 28.7 Å². The second-order valence-corrected chi connectivity index (χ2v) is 6.03. The maximum absolute atomic E-state index is 8.98. The van der Waals surface area contributed by atoms with Gasteiger partial charge in [0.25, 0.3) is 0 Å². The van der Waals surface area contributed by atoms with E-state index < -0.39 is 0 Å². The number of hydrogen-bond acceptors (Lipinski definition) is 2. The minimum absolute atomic E-state index is 0.272. The van der Waals surface area contributed by atoms with Crippen LogP contribution >= 0.6 is 15.9 Å². The first-order chi connectivity index (χ1) is 7.93.